The molecule has 0 bridgehead atoms. The number of nitrogens with zero attached hydrogens (tertiary/aromatic N) is 6. The summed E-state index contributed by atoms with van der Waals surface area (Å²) in [6.07, 6.45) is 5.58. The highest BCUT2D eigenvalue weighted by molar-refractivity contribution is 5.89. The van der Waals surface area contributed by atoms with Crippen LogP contribution in [0.15, 0.2) is 24.4 Å². The van der Waals surface area contributed by atoms with Gasteiger partial charge in [0, 0.05) is 63.0 Å². The minimum atomic E-state index is -0.642. The van der Waals surface area contributed by atoms with Crippen LogP contribution in [0.25, 0.3) is 10.9 Å². The van der Waals surface area contributed by atoms with Crippen LogP contribution in [-0.2, 0) is 13.0 Å². The molecule has 3 aromatic rings. The Morgan fingerprint density at radius 1 is 1.12 bits per heavy atom. The summed E-state index contributed by atoms with van der Waals surface area (Å²) in [5, 5.41) is 14.3. The Bertz CT molecular complexity index is 1130. The average Bonchev–Trinajstić information content (AvgIpc) is 2.84. The quantitative estimate of drug-likeness (QED) is 0.523. The molecule has 5 rings (SSSR count). The first-order valence-corrected chi connectivity index (χ1v) is 11.9. The highest BCUT2D eigenvalue weighted by Gasteiger charge is 2.20. The maximum absolute atomic E-state index is 10.1. The van der Waals surface area contributed by atoms with Crippen LogP contribution in [-0.4, -0.2) is 62.7 Å². The molecule has 0 saturated carbocycles. The van der Waals surface area contributed by atoms with Gasteiger partial charge < -0.3 is 21.1 Å². The summed E-state index contributed by atoms with van der Waals surface area (Å²) in [6, 6.07) is 5.99. The molecule has 9 heteroatoms. The van der Waals surface area contributed by atoms with Gasteiger partial charge in [-0.3, -0.25) is 4.90 Å². The Hall–Kier alpha value is -2.88. The zero-order valence-corrected chi connectivity index (χ0v) is 19.2. The van der Waals surface area contributed by atoms with Gasteiger partial charge >= 0.3 is 0 Å². The number of nitrogens with one attached hydrogen (secondary N) is 1. The summed E-state index contributed by atoms with van der Waals surface area (Å²) in [4.78, 5) is 23.6. The summed E-state index contributed by atoms with van der Waals surface area (Å²) in [5.74, 6) is 2.07. The zero-order chi connectivity index (χ0) is 22.8. The predicted octanol–water partition coefficient (Wildman–Crippen LogP) is 2.52. The van der Waals surface area contributed by atoms with E-state index in [0.717, 1.165) is 80.2 Å². The third-order valence-corrected chi connectivity index (χ3v) is 6.46. The molecule has 0 radical (unpaired) electrons. The Morgan fingerprint density at radius 3 is 2.76 bits per heavy atom. The monoisotopic (exact) mass is 448 g/mol. The first-order chi connectivity index (χ1) is 16.1. The first-order valence-electron chi connectivity index (χ1n) is 11.9. The topological polar surface area (TPSA) is 116 Å². The van der Waals surface area contributed by atoms with Crippen LogP contribution in [0.2, 0.25) is 0 Å². The van der Waals surface area contributed by atoms with Gasteiger partial charge in [0.1, 0.15) is 11.3 Å². The van der Waals surface area contributed by atoms with Crippen molar-refractivity contribution in [3.8, 4) is 0 Å². The lowest BCUT2D eigenvalue weighted by molar-refractivity contribution is 0.194. The number of aliphatic hydroxyl groups is 1. The van der Waals surface area contributed by atoms with Gasteiger partial charge in [0.15, 0.2) is 5.82 Å². The Morgan fingerprint density at radius 2 is 1.97 bits per heavy atom. The second-order valence-corrected chi connectivity index (χ2v) is 8.97. The van der Waals surface area contributed by atoms with E-state index >= 15 is 0 Å². The van der Waals surface area contributed by atoms with Crippen molar-refractivity contribution in [1.29, 1.82) is 0 Å². The lowest BCUT2D eigenvalue weighted by Crippen LogP contribution is -2.34. The van der Waals surface area contributed by atoms with E-state index in [1.807, 2.05) is 12.1 Å². The average molecular weight is 449 g/mol. The van der Waals surface area contributed by atoms with Crippen LogP contribution >= 0.6 is 0 Å². The second kappa shape index (κ2) is 9.54. The lowest BCUT2D eigenvalue weighted by Gasteiger charge is -2.29. The maximum atomic E-state index is 10.1. The molecule has 4 N–H and O–H groups in total. The van der Waals surface area contributed by atoms with Crippen LogP contribution < -0.4 is 16.0 Å². The van der Waals surface area contributed by atoms with Crippen LogP contribution in [0.3, 0.4) is 0 Å². The molecule has 1 fully saturated rings. The second-order valence-electron chi connectivity index (χ2n) is 8.97. The number of piperidine rings is 1. The van der Waals surface area contributed by atoms with Gasteiger partial charge in [-0.2, -0.15) is 0 Å². The normalized spacial score (nSPS) is 17.7. The lowest BCUT2D eigenvalue weighted by atomic mass is 10.1. The number of anilines is 3. The van der Waals surface area contributed by atoms with Gasteiger partial charge in [0.05, 0.1) is 11.8 Å². The standard InChI is InChI=1S/C24H32N8O/c1-16(33)20-13-18-14-26-24(30-22(18)23(28-20)32-9-3-2-4-10-32)29-21-6-5-17-15-31(12-8-25)11-7-19(17)27-21/h5-6,13-14,16,33H,2-4,7-12,15,25H2,1H3,(H,26,27,29,30). The maximum Gasteiger partial charge on any atom is 0.229 e. The minimum absolute atomic E-state index is 0.500. The third kappa shape index (κ3) is 4.75. The van der Waals surface area contributed by atoms with E-state index < -0.39 is 6.10 Å². The number of nitrogens with two attached hydrogens (primary N) is 1. The van der Waals surface area contributed by atoms with Crippen LogP contribution in [0.4, 0.5) is 17.6 Å². The molecule has 1 unspecified atom stereocenters. The van der Waals surface area contributed by atoms with E-state index in [0.29, 0.717) is 18.2 Å². The summed E-state index contributed by atoms with van der Waals surface area (Å²) in [5.41, 5.74) is 9.52. The zero-order valence-electron chi connectivity index (χ0n) is 19.2. The van der Waals surface area contributed by atoms with Gasteiger partial charge in [-0.1, -0.05) is 6.07 Å². The van der Waals surface area contributed by atoms with Crippen LogP contribution in [0.1, 0.15) is 49.2 Å². The summed E-state index contributed by atoms with van der Waals surface area (Å²) >= 11 is 0. The summed E-state index contributed by atoms with van der Waals surface area (Å²) < 4.78 is 0. The number of rotatable bonds is 6. The van der Waals surface area contributed by atoms with Crippen molar-refractivity contribution in [3.05, 3.63) is 41.3 Å². The highest BCUT2D eigenvalue weighted by atomic mass is 16.3. The molecule has 0 spiro atoms. The number of hydrogen-bond acceptors (Lipinski definition) is 9. The van der Waals surface area contributed by atoms with Gasteiger partial charge in [-0.25, -0.2) is 19.9 Å². The Labute approximate surface area is 194 Å². The Kier molecular flexibility index (Phi) is 6.34. The predicted molar refractivity (Wildman–Crippen MR) is 130 cm³/mol. The smallest absolute Gasteiger partial charge is 0.229 e. The SMILES string of the molecule is CC(O)c1cc2cnc(Nc3ccc4c(n3)CCN(CCN)C4)nc2c(N2CCCCC2)n1. The fraction of sp³-hybridized carbons (Fsp3) is 0.500. The van der Waals surface area contributed by atoms with Gasteiger partial charge in [-0.05, 0) is 43.9 Å². The number of pyridine rings is 2. The van der Waals surface area contributed by atoms with Crippen molar-refractivity contribution in [2.75, 3.05) is 42.9 Å². The van der Waals surface area contributed by atoms with Crippen molar-refractivity contribution in [1.82, 2.24) is 24.8 Å². The van der Waals surface area contributed by atoms with E-state index in [2.05, 4.69) is 26.2 Å². The molecule has 33 heavy (non-hydrogen) atoms. The molecule has 0 amide bonds. The number of aliphatic hydroxyl groups excluding tert-OH is 1. The third-order valence-electron chi connectivity index (χ3n) is 6.46. The van der Waals surface area contributed by atoms with Gasteiger partial charge in [0.25, 0.3) is 0 Å². The van der Waals surface area contributed by atoms with E-state index in [9.17, 15) is 5.11 Å². The van der Waals surface area contributed by atoms with Crippen molar-refractivity contribution in [2.45, 2.75) is 45.3 Å². The molecular weight excluding hydrogens is 416 g/mol. The molecule has 9 nitrogen and oxygen atoms in total. The molecule has 0 aliphatic carbocycles. The molecule has 3 aromatic heterocycles. The molecule has 2 aliphatic rings. The molecule has 0 aromatic carbocycles. The highest BCUT2D eigenvalue weighted by Crippen LogP contribution is 2.29. The Balaban J connectivity index is 1.44. The van der Waals surface area contributed by atoms with E-state index in [4.69, 9.17) is 20.7 Å². The fourth-order valence-electron chi connectivity index (χ4n) is 4.68. The summed E-state index contributed by atoms with van der Waals surface area (Å²) in [6.45, 7) is 7.09. The van der Waals surface area contributed by atoms with Crippen molar-refractivity contribution >= 4 is 28.5 Å². The fourth-order valence-corrected chi connectivity index (χ4v) is 4.68. The number of fused-ring (bicyclic) bond motifs is 2. The molecule has 5 heterocycles. The van der Waals surface area contributed by atoms with E-state index in [1.165, 1.54) is 12.0 Å². The van der Waals surface area contributed by atoms with Crippen molar-refractivity contribution in [2.24, 2.45) is 5.73 Å². The van der Waals surface area contributed by atoms with Gasteiger partial charge in [-0.15, -0.1) is 0 Å². The first kappa shape index (κ1) is 21.9. The largest absolute Gasteiger partial charge is 0.387 e. The summed E-state index contributed by atoms with van der Waals surface area (Å²) in [7, 11) is 0. The molecular formula is C24H32N8O. The van der Waals surface area contributed by atoms with E-state index in [1.54, 1.807) is 13.1 Å². The number of aromatic nitrogens is 4. The molecule has 1 atom stereocenters. The molecule has 1 saturated heterocycles. The van der Waals surface area contributed by atoms with Crippen molar-refractivity contribution in [3.63, 3.8) is 0 Å². The molecule has 174 valence electrons. The van der Waals surface area contributed by atoms with E-state index in [-0.39, 0.29) is 0 Å². The molecule has 2 aliphatic heterocycles. The number of hydrogen-bond donors (Lipinski definition) is 3. The van der Waals surface area contributed by atoms with Crippen molar-refractivity contribution < 1.29 is 5.11 Å². The van der Waals surface area contributed by atoms with Crippen LogP contribution in [0.5, 0.6) is 0 Å². The van der Waals surface area contributed by atoms with Crippen LogP contribution in [0, 0.1) is 0 Å². The van der Waals surface area contributed by atoms with Gasteiger partial charge in [0.2, 0.25) is 5.95 Å². The minimum Gasteiger partial charge on any atom is -0.387 e.